The lowest BCUT2D eigenvalue weighted by molar-refractivity contribution is 0.384. The Balaban J connectivity index is 1.79. The van der Waals surface area contributed by atoms with Crippen molar-refractivity contribution in [1.82, 2.24) is 14.5 Å². The van der Waals surface area contributed by atoms with Crippen LogP contribution in [0.15, 0.2) is 23.1 Å². The number of piperazine rings is 1. The molecule has 1 aromatic carbocycles. The standard InChI is InChI=1S/C17H24N4O2S/c1-12-5-6-13(2)16(11-12)20-7-9-21(10-8-20)24(22,23)17-14(3)18-19-15(17)4/h5-6,11H,7-10H2,1-4H3,(H,18,19). The zero-order valence-electron chi connectivity index (χ0n) is 14.6. The quantitative estimate of drug-likeness (QED) is 0.923. The van der Waals surface area contributed by atoms with Gasteiger partial charge in [-0.1, -0.05) is 12.1 Å². The molecule has 0 spiro atoms. The first kappa shape index (κ1) is 17.0. The summed E-state index contributed by atoms with van der Waals surface area (Å²) in [6, 6.07) is 6.39. The summed E-state index contributed by atoms with van der Waals surface area (Å²) in [5.41, 5.74) is 4.77. The number of hydrogen-bond acceptors (Lipinski definition) is 4. The van der Waals surface area contributed by atoms with Crippen molar-refractivity contribution in [2.45, 2.75) is 32.6 Å². The van der Waals surface area contributed by atoms with Gasteiger partial charge in [-0.15, -0.1) is 0 Å². The van der Waals surface area contributed by atoms with Crippen molar-refractivity contribution < 1.29 is 8.42 Å². The molecule has 1 aliphatic heterocycles. The van der Waals surface area contributed by atoms with Crippen LogP contribution in [0.4, 0.5) is 5.69 Å². The van der Waals surface area contributed by atoms with Gasteiger partial charge >= 0.3 is 0 Å². The van der Waals surface area contributed by atoms with E-state index in [4.69, 9.17) is 0 Å². The van der Waals surface area contributed by atoms with Crippen molar-refractivity contribution in [2.24, 2.45) is 0 Å². The summed E-state index contributed by atoms with van der Waals surface area (Å²) in [5.74, 6) is 0. The van der Waals surface area contributed by atoms with Crippen molar-refractivity contribution in [2.75, 3.05) is 31.1 Å². The van der Waals surface area contributed by atoms with E-state index in [1.807, 2.05) is 0 Å². The number of nitrogens with zero attached hydrogens (tertiary/aromatic N) is 3. The average Bonchev–Trinajstić information content (AvgIpc) is 2.89. The first-order chi connectivity index (χ1) is 11.3. The van der Waals surface area contributed by atoms with E-state index in [1.165, 1.54) is 16.8 Å². The van der Waals surface area contributed by atoms with Crippen molar-refractivity contribution in [3.63, 3.8) is 0 Å². The van der Waals surface area contributed by atoms with E-state index in [0.717, 1.165) is 0 Å². The highest BCUT2D eigenvalue weighted by molar-refractivity contribution is 7.89. The molecule has 6 nitrogen and oxygen atoms in total. The molecule has 7 heteroatoms. The lowest BCUT2D eigenvalue weighted by Crippen LogP contribution is -2.49. The molecule has 1 aliphatic rings. The van der Waals surface area contributed by atoms with E-state index in [2.05, 4.69) is 47.1 Å². The highest BCUT2D eigenvalue weighted by Gasteiger charge is 2.32. The zero-order valence-corrected chi connectivity index (χ0v) is 15.4. The SMILES string of the molecule is Cc1ccc(C)c(N2CCN(S(=O)(=O)c3c(C)n[nH]c3C)CC2)c1. The Morgan fingerprint density at radius 1 is 1.04 bits per heavy atom. The first-order valence-electron chi connectivity index (χ1n) is 8.14. The van der Waals surface area contributed by atoms with Gasteiger partial charge in [-0.05, 0) is 44.9 Å². The van der Waals surface area contributed by atoms with Gasteiger partial charge in [-0.3, -0.25) is 5.10 Å². The van der Waals surface area contributed by atoms with Gasteiger partial charge in [-0.2, -0.15) is 9.40 Å². The number of H-pyrrole nitrogens is 1. The molecule has 2 heterocycles. The third-order valence-electron chi connectivity index (χ3n) is 4.60. The second-order valence-electron chi connectivity index (χ2n) is 6.44. The Bertz CT molecular complexity index is 830. The molecule has 0 radical (unpaired) electrons. The lowest BCUT2D eigenvalue weighted by atomic mass is 10.1. The summed E-state index contributed by atoms with van der Waals surface area (Å²) in [6.45, 7) is 10.0. The van der Waals surface area contributed by atoms with Crippen LogP contribution in [0, 0.1) is 27.7 Å². The van der Waals surface area contributed by atoms with Gasteiger partial charge in [0.2, 0.25) is 10.0 Å². The fourth-order valence-electron chi connectivity index (χ4n) is 3.28. The summed E-state index contributed by atoms with van der Waals surface area (Å²) in [6.07, 6.45) is 0. The fraction of sp³-hybridized carbons (Fsp3) is 0.471. The number of aryl methyl sites for hydroxylation is 4. The number of aromatic amines is 1. The minimum absolute atomic E-state index is 0.322. The van der Waals surface area contributed by atoms with Crippen LogP contribution in [-0.2, 0) is 10.0 Å². The van der Waals surface area contributed by atoms with Gasteiger partial charge in [0.15, 0.2) is 0 Å². The summed E-state index contributed by atoms with van der Waals surface area (Å²) in [5, 5.41) is 6.78. The highest BCUT2D eigenvalue weighted by Crippen LogP contribution is 2.26. The van der Waals surface area contributed by atoms with Gasteiger partial charge in [0.25, 0.3) is 0 Å². The molecular weight excluding hydrogens is 324 g/mol. The van der Waals surface area contributed by atoms with Crippen molar-refractivity contribution in [3.05, 3.63) is 40.7 Å². The van der Waals surface area contributed by atoms with Crippen LogP contribution in [0.2, 0.25) is 0 Å². The van der Waals surface area contributed by atoms with Crippen molar-refractivity contribution in [3.8, 4) is 0 Å². The maximum atomic E-state index is 12.9. The van der Waals surface area contributed by atoms with Crippen LogP contribution in [0.25, 0.3) is 0 Å². The number of hydrogen-bond donors (Lipinski definition) is 1. The van der Waals surface area contributed by atoms with Gasteiger partial charge in [0, 0.05) is 31.9 Å². The number of aromatic nitrogens is 2. The Kier molecular flexibility index (Phi) is 4.40. The van der Waals surface area contributed by atoms with E-state index >= 15 is 0 Å². The predicted molar refractivity (Wildman–Crippen MR) is 94.9 cm³/mol. The Morgan fingerprint density at radius 3 is 2.29 bits per heavy atom. The second kappa shape index (κ2) is 6.22. The molecule has 1 N–H and O–H groups in total. The maximum absolute atomic E-state index is 12.9. The molecule has 0 bridgehead atoms. The summed E-state index contributed by atoms with van der Waals surface area (Å²) >= 11 is 0. The number of benzene rings is 1. The van der Waals surface area contributed by atoms with Gasteiger partial charge in [0.05, 0.1) is 11.4 Å². The number of anilines is 1. The van der Waals surface area contributed by atoms with E-state index in [-0.39, 0.29) is 0 Å². The fourth-order valence-corrected chi connectivity index (χ4v) is 5.03. The molecule has 0 amide bonds. The van der Waals surface area contributed by atoms with Crippen LogP contribution >= 0.6 is 0 Å². The molecule has 0 saturated carbocycles. The molecule has 3 rings (SSSR count). The van der Waals surface area contributed by atoms with Gasteiger partial charge in [-0.25, -0.2) is 8.42 Å². The van der Waals surface area contributed by atoms with E-state index in [9.17, 15) is 8.42 Å². The van der Waals surface area contributed by atoms with E-state index < -0.39 is 10.0 Å². The van der Waals surface area contributed by atoms with Crippen LogP contribution in [-0.4, -0.2) is 49.1 Å². The molecule has 0 atom stereocenters. The Hall–Kier alpha value is -1.86. The Morgan fingerprint density at radius 2 is 1.71 bits per heavy atom. The van der Waals surface area contributed by atoms with Crippen molar-refractivity contribution >= 4 is 15.7 Å². The molecule has 2 aromatic rings. The van der Waals surface area contributed by atoms with Crippen LogP contribution in [0.5, 0.6) is 0 Å². The maximum Gasteiger partial charge on any atom is 0.246 e. The van der Waals surface area contributed by atoms with E-state index in [1.54, 1.807) is 18.2 Å². The molecular formula is C17H24N4O2S. The highest BCUT2D eigenvalue weighted by atomic mass is 32.2. The molecule has 24 heavy (non-hydrogen) atoms. The molecule has 130 valence electrons. The summed E-state index contributed by atoms with van der Waals surface area (Å²) in [4.78, 5) is 2.59. The van der Waals surface area contributed by atoms with Gasteiger partial charge in [0.1, 0.15) is 4.90 Å². The molecule has 0 unspecified atom stereocenters. The predicted octanol–water partition coefficient (Wildman–Crippen LogP) is 2.15. The lowest BCUT2D eigenvalue weighted by Gasteiger charge is -2.36. The molecule has 1 fully saturated rings. The topological polar surface area (TPSA) is 69.3 Å². The number of sulfonamides is 1. The smallest absolute Gasteiger partial charge is 0.246 e. The molecule has 1 saturated heterocycles. The third-order valence-corrected chi connectivity index (χ3v) is 6.76. The summed E-state index contributed by atoms with van der Waals surface area (Å²) < 4.78 is 27.4. The third kappa shape index (κ3) is 2.93. The summed E-state index contributed by atoms with van der Waals surface area (Å²) in [7, 11) is -3.49. The monoisotopic (exact) mass is 348 g/mol. The Labute approximate surface area is 143 Å². The zero-order chi connectivity index (χ0) is 17.5. The van der Waals surface area contributed by atoms with Crippen LogP contribution in [0.3, 0.4) is 0 Å². The largest absolute Gasteiger partial charge is 0.369 e. The molecule has 0 aliphatic carbocycles. The minimum atomic E-state index is -3.49. The minimum Gasteiger partial charge on any atom is -0.369 e. The number of nitrogens with one attached hydrogen (secondary N) is 1. The van der Waals surface area contributed by atoms with E-state index in [0.29, 0.717) is 42.5 Å². The normalized spacial score (nSPS) is 16.6. The second-order valence-corrected chi connectivity index (χ2v) is 8.32. The average molecular weight is 348 g/mol. The van der Waals surface area contributed by atoms with Crippen LogP contribution in [0.1, 0.15) is 22.5 Å². The van der Waals surface area contributed by atoms with Gasteiger partial charge < -0.3 is 4.90 Å². The molecule has 1 aromatic heterocycles. The van der Waals surface area contributed by atoms with Crippen LogP contribution < -0.4 is 4.90 Å². The van der Waals surface area contributed by atoms with Crippen molar-refractivity contribution in [1.29, 1.82) is 0 Å². The number of rotatable bonds is 3. The first-order valence-corrected chi connectivity index (χ1v) is 9.58.